The fourth-order valence-electron chi connectivity index (χ4n) is 9.69. The zero-order valence-electron chi connectivity index (χ0n) is 44.3. The third-order valence-electron chi connectivity index (χ3n) is 13.1. The van der Waals surface area contributed by atoms with E-state index in [2.05, 4.69) is 32.3 Å². The van der Waals surface area contributed by atoms with Crippen LogP contribution in [-0.4, -0.2) is 86.4 Å². The van der Waals surface area contributed by atoms with Gasteiger partial charge in [0.1, 0.15) is 46.6 Å². The Morgan fingerprint density at radius 2 is 1.54 bits per heavy atom. The maximum absolute atomic E-state index is 15.3. The maximum atomic E-state index is 15.3. The predicted octanol–water partition coefficient (Wildman–Crippen LogP) is 9.87. The third-order valence-corrected chi connectivity index (χ3v) is 16.9. The summed E-state index contributed by atoms with van der Waals surface area (Å²) in [5, 5.41) is 8.56. The van der Waals surface area contributed by atoms with E-state index in [0.29, 0.717) is 23.4 Å². The second-order valence-electron chi connectivity index (χ2n) is 20.7. The Kier molecular flexibility index (Phi) is 16.8. The number of phosphoric acid groups is 1. The van der Waals surface area contributed by atoms with Crippen LogP contribution in [0.3, 0.4) is 0 Å². The highest BCUT2D eigenvalue weighted by molar-refractivity contribution is 7.93. The number of sulfonamides is 1. The summed E-state index contributed by atoms with van der Waals surface area (Å²) in [6.07, 6.45) is -12.6. The average molecular weight is 1240 g/mol. The van der Waals surface area contributed by atoms with Crippen molar-refractivity contribution >= 4 is 67.8 Å². The fourth-order valence-corrected chi connectivity index (χ4v) is 11.4. The van der Waals surface area contributed by atoms with Crippen molar-refractivity contribution in [3.63, 3.8) is 0 Å². The smallest absolute Gasteiger partial charge is 0.404 e. The van der Waals surface area contributed by atoms with E-state index in [1.165, 1.54) is 40.7 Å². The normalized spacial score (nSPS) is 14.5. The number of anilines is 1. The van der Waals surface area contributed by atoms with Crippen molar-refractivity contribution < 1.29 is 89.2 Å². The van der Waals surface area contributed by atoms with Crippen molar-refractivity contribution in [3.05, 3.63) is 122 Å². The fraction of sp³-hybridized carbons (Fsp3) is 0.392. The van der Waals surface area contributed by atoms with Crippen LogP contribution >= 0.6 is 19.4 Å². The molecule has 1 aliphatic carbocycles. The number of aromatic nitrogens is 5. The average Bonchev–Trinajstić information content (AvgIpc) is 3.99. The number of amides is 2. The molecule has 0 spiro atoms. The number of sulfone groups is 1. The number of fused-ring (bicyclic) bond motifs is 2. The number of hydrogen-bond acceptors (Lipinski definition) is 11. The molecule has 442 valence electrons. The summed E-state index contributed by atoms with van der Waals surface area (Å²) in [6, 6.07) is 7.36. The van der Waals surface area contributed by atoms with Gasteiger partial charge in [0.25, 0.3) is 5.92 Å². The van der Waals surface area contributed by atoms with Crippen LogP contribution in [0, 0.1) is 37.3 Å². The van der Waals surface area contributed by atoms with Gasteiger partial charge in [-0.25, -0.2) is 35.2 Å². The van der Waals surface area contributed by atoms with Crippen LogP contribution in [0.4, 0.5) is 49.7 Å². The van der Waals surface area contributed by atoms with E-state index in [0.717, 1.165) is 42.7 Å². The quantitative estimate of drug-likeness (QED) is 0.0466. The lowest BCUT2D eigenvalue weighted by atomic mass is 9.78. The molecule has 3 aromatic heterocycles. The minimum atomic E-state index is -5.27. The molecule has 0 unspecified atom stereocenters. The second kappa shape index (κ2) is 21.9. The number of pyridine rings is 1. The number of carbonyl (C=O) groups excluding carboxylic acids is 2. The van der Waals surface area contributed by atoms with Crippen LogP contribution < -0.4 is 14.1 Å². The molecule has 0 radical (unpaired) electrons. The number of rotatable bonds is 16. The van der Waals surface area contributed by atoms with Gasteiger partial charge in [-0.15, -0.1) is 0 Å². The zero-order valence-corrected chi connectivity index (χ0v) is 47.6. The van der Waals surface area contributed by atoms with Gasteiger partial charge < -0.3 is 9.84 Å². The van der Waals surface area contributed by atoms with Crippen molar-refractivity contribution in [2.75, 3.05) is 16.8 Å². The van der Waals surface area contributed by atoms with Gasteiger partial charge in [-0.05, 0) is 99.5 Å². The molecule has 0 saturated heterocycles. The molecule has 3 heterocycles. The number of benzene rings is 3. The topological polar surface area (TPSA) is 233 Å². The van der Waals surface area contributed by atoms with Gasteiger partial charge >= 0.3 is 20.2 Å². The van der Waals surface area contributed by atoms with Gasteiger partial charge in [0.15, 0.2) is 21.3 Å². The van der Waals surface area contributed by atoms with E-state index in [4.69, 9.17) is 16.1 Å². The molecule has 1 aliphatic rings. The Hall–Kier alpha value is -6.57. The summed E-state index contributed by atoms with van der Waals surface area (Å²) < 4.78 is 216. The van der Waals surface area contributed by atoms with Crippen molar-refractivity contribution in [2.24, 2.45) is 0 Å². The molecule has 0 saturated carbocycles. The van der Waals surface area contributed by atoms with E-state index in [9.17, 15) is 75.9 Å². The first-order valence-electron chi connectivity index (χ1n) is 24.1. The first-order valence-corrected chi connectivity index (χ1v) is 29.7. The van der Waals surface area contributed by atoms with Crippen LogP contribution in [0.1, 0.15) is 97.2 Å². The molecular formula is C51H49ClF10N7O10PS2. The lowest BCUT2D eigenvalue weighted by molar-refractivity contribution is -0.143. The summed E-state index contributed by atoms with van der Waals surface area (Å²) in [5.74, 6) is -5.33. The van der Waals surface area contributed by atoms with E-state index < -0.39 is 174 Å². The first kappa shape index (κ1) is 63.0. The number of aryl methyl sites for hydroxylation is 2. The Balaban J connectivity index is 1.49. The van der Waals surface area contributed by atoms with E-state index in [1.54, 1.807) is 13.0 Å². The number of nitrogens with one attached hydrogen (secondary N) is 1. The summed E-state index contributed by atoms with van der Waals surface area (Å²) in [4.78, 5) is 53.0. The molecule has 6 aromatic rings. The Labute approximate surface area is 467 Å². The number of nitrogens with zero attached hydrogens (tertiary/aromatic N) is 6. The van der Waals surface area contributed by atoms with Crippen molar-refractivity contribution in [1.82, 2.24) is 29.9 Å². The highest BCUT2D eigenvalue weighted by atomic mass is 35.5. The molecular weight excluding hydrogens is 1190 g/mol. The molecule has 7 rings (SSSR count). The molecule has 0 bridgehead atoms. The molecule has 2 amide bonds. The molecule has 3 N–H and O–H groups in total. The monoisotopic (exact) mass is 1240 g/mol. The maximum Gasteiger partial charge on any atom is 0.524 e. The number of hydrogen-bond donors (Lipinski definition) is 3. The first-order chi connectivity index (χ1) is 37.4. The van der Waals surface area contributed by atoms with Crippen molar-refractivity contribution in [2.45, 2.75) is 115 Å². The number of phosphoric ester groups is 1. The molecule has 1 atom stereocenters. The number of carbonyl (C=O) groups is 2. The lowest BCUT2D eigenvalue weighted by Gasteiger charge is -2.31. The molecule has 3 aromatic carbocycles. The zero-order chi connectivity index (χ0) is 61.4. The van der Waals surface area contributed by atoms with Crippen LogP contribution in [0.15, 0.2) is 54.6 Å². The van der Waals surface area contributed by atoms with Crippen molar-refractivity contribution in [3.8, 4) is 28.7 Å². The molecule has 82 heavy (non-hydrogen) atoms. The van der Waals surface area contributed by atoms with Gasteiger partial charge in [0.2, 0.25) is 21.8 Å². The molecule has 0 fully saturated rings. The minimum Gasteiger partial charge on any atom is -0.404 e. The van der Waals surface area contributed by atoms with E-state index in [1.807, 2.05) is 0 Å². The van der Waals surface area contributed by atoms with Gasteiger partial charge in [0.05, 0.1) is 33.9 Å². The second-order valence-corrected chi connectivity index (χ2v) is 26.7. The number of halogens is 11. The minimum absolute atomic E-state index is 0.0178. The van der Waals surface area contributed by atoms with Crippen LogP contribution in [0.25, 0.3) is 22.0 Å². The molecule has 0 aliphatic heterocycles. The summed E-state index contributed by atoms with van der Waals surface area (Å²) in [5.41, 5.74) is -7.23. The number of alkyl halides is 8. The lowest BCUT2D eigenvalue weighted by Crippen LogP contribution is -2.40. The Bertz CT molecular complexity index is 3930. The van der Waals surface area contributed by atoms with E-state index >= 15 is 8.78 Å². The predicted molar refractivity (Wildman–Crippen MR) is 279 cm³/mol. The van der Waals surface area contributed by atoms with Gasteiger partial charge in [-0.1, -0.05) is 43.5 Å². The van der Waals surface area contributed by atoms with Crippen LogP contribution in [-0.2, 0) is 77.5 Å². The van der Waals surface area contributed by atoms with Gasteiger partial charge in [-0.3, -0.25) is 28.7 Å². The Morgan fingerprint density at radius 3 is 2.11 bits per heavy atom. The highest BCUT2D eigenvalue weighted by Gasteiger charge is 2.50. The van der Waals surface area contributed by atoms with Crippen LogP contribution in [0.2, 0.25) is 5.02 Å². The van der Waals surface area contributed by atoms with Gasteiger partial charge in [0, 0.05) is 52.8 Å². The summed E-state index contributed by atoms with van der Waals surface area (Å²) in [6.45, 7) is 4.88. The summed E-state index contributed by atoms with van der Waals surface area (Å²) >= 11 is 6.77. The third kappa shape index (κ3) is 13.7. The molecule has 17 nitrogen and oxygen atoms in total. The summed E-state index contributed by atoms with van der Waals surface area (Å²) in [7, 11) is -14.2. The van der Waals surface area contributed by atoms with Crippen LogP contribution in [0.5, 0.6) is 5.75 Å². The Morgan fingerprint density at radius 1 is 0.915 bits per heavy atom. The SMILES string of the molecule is Cc1cc(C)c(C(C)(C)CC(=O)N(c2nn(CC(F)(F)F)c3c(-c4ccc(C#CC(C)(C)S(C)(=O)=O)nc4[C@H](Cc4cc(F)cc(F)c4)NC(=O)Cn4nc(C(F)(F)F)c5c4C(F)(F)CC5)ccc(Cl)c23)S(C)(=O)=O)c(OP(=O)(O)O)c1. The largest absolute Gasteiger partial charge is 0.524 e. The van der Waals surface area contributed by atoms with Crippen molar-refractivity contribution in [1.29, 1.82) is 0 Å². The molecule has 31 heteroatoms. The van der Waals surface area contributed by atoms with E-state index in [-0.39, 0.29) is 41.8 Å². The standard InChI is InChI=1S/C51H49ClF10N7O10PS2/c1-26-17-27(2)41(37(18-26)79-80(72,73)74)47(3,4)23-39(71)69(82(8,77)78)46-40-35(52)12-11-33(43(40)68(66-46)25-50(57,58)59)32-10-9-31(13-15-48(5,6)81(7,75)76)63-42(32)36(21-28-19-29(53)22-30(54)20-28)64-38(70)24-67-45-34(14-16-49(45,55)56)44(65-67)51(60,61)62/h9-12,17-20,22,36H,14,16,21,23-25H2,1-8H3,(H,64,70)(H2,72,73,74)/t36-/m0/s1. The highest BCUT2D eigenvalue weighted by Crippen LogP contribution is 2.49. The van der Waals surface area contributed by atoms with Gasteiger partial charge in [-0.2, -0.15) is 49.6 Å².